The molecule has 0 saturated heterocycles. The minimum absolute atomic E-state index is 0.189. The van der Waals surface area contributed by atoms with Gasteiger partial charge in [0.15, 0.2) is 0 Å². The average molecular weight is 334 g/mol. The minimum Gasteiger partial charge on any atom is -0.387 e. The van der Waals surface area contributed by atoms with E-state index in [0.29, 0.717) is 5.56 Å². The van der Waals surface area contributed by atoms with Gasteiger partial charge < -0.3 is 10.4 Å². The second-order valence-electron chi connectivity index (χ2n) is 4.65. The summed E-state index contributed by atoms with van der Waals surface area (Å²) in [5.74, 6) is -0.190. The van der Waals surface area contributed by atoms with Gasteiger partial charge in [-0.2, -0.15) is 0 Å². The lowest BCUT2D eigenvalue weighted by Gasteiger charge is -2.12. The van der Waals surface area contributed by atoms with Crippen molar-refractivity contribution in [1.82, 2.24) is 5.32 Å². The first-order valence-corrected chi connectivity index (χ1v) is 7.14. The zero-order valence-corrected chi connectivity index (χ0v) is 12.7. The van der Waals surface area contributed by atoms with Crippen molar-refractivity contribution in [3.8, 4) is 0 Å². The highest BCUT2D eigenvalue weighted by molar-refractivity contribution is 9.10. The smallest absolute Gasteiger partial charge is 0.251 e. The average Bonchev–Trinajstić information content (AvgIpc) is 2.44. The second kappa shape index (κ2) is 6.68. The predicted octanol–water partition coefficient (Wildman–Crippen LogP) is 3.22. The molecule has 2 N–H and O–H groups in total. The summed E-state index contributed by atoms with van der Waals surface area (Å²) in [4.78, 5) is 12.0. The van der Waals surface area contributed by atoms with Crippen LogP contribution in [0.25, 0.3) is 0 Å². The number of hydrogen-bond donors (Lipinski definition) is 2. The van der Waals surface area contributed by atoms with E-state index in [9.17, 15) is 9.90 Å². The minimum atomic E-state index is -0.701. The summed E-state index contributed by atoms with van der Waals surface area (Å²) in [6.07, 6.45) is -0.701. The molecule has 0 spiro atoms. The van der Waals surface area contributed by atoms with Crippen molar-refractivity contribution in [1.29, 1.82) is 0 Å². The number of aryl methyl sites for hydroxylation is 1. The Morgan fingerprint density at radius 1 is 1.25 bits per heavy atom. The molecule has 0 aliphatic carbocycles. The maximum absolute atomic E-state index is 12.0. The molecule has 3 nitrogen and oxygen atoms in total. The highest BCUT2D eigenvalue weighted by atomic mass is 79.9. The first-order valence-electron chi connectivity index (χ1n) is 6.34. The molecule has 1 unspecified atom stereocenters. The molecule has 104 valence electrons. The third-order valence-corrected chi connectivity index (χ3v) is 3.40. The topological polar surface area (TPSA) is 49.3 Å². The van der Waals surface area contributed by atoms with E-state index in [0.717, 1.165) is 15.6 Å². The van der Waals surface area contributed by atoms with E-state index >= 15 is 0 Å². The number of aliphatic hydroxyl groups is 1. The Bertz CT molecular complexity index is 578. The van der Waals surface area contributed by atoms with Gasteiger partial charge in [0.05, 0.1) is 6.10 Å². The van der Waals surface area contributed by atoms with Crippen LogP contribution in [0, 0.1) is 6.92 Å². The molecule has 1 amide bonds. The van der Waals surface area contributed by atoms with Gasteiger partial charge >= 0.3 is 0 Å². The first-order chi connectivity index (χ1) is 9.56. The fourth-order valence-corrected chi connectivity index (χ4v) is 2.56. The molecular weight excluding hydrogens is 318 g/mol. The van der Waals surface area contributed by atoms with Crippen LogP contribution in [0.1, 0.15) is 27.6 Å². The molecule has 0 heterocycles. The molecule has 20 heavy (non-hydrogen) atoms. The van der Waals surface area contributed by atoms with E-state index in [-0.39, 0.29) is 12.5 Å². The quantitative estimate of drug-likeness (QED) is 0.902. The lowest BCUT2D eigenvalue weighted by Crippen LogP contribution is -2.28. The molecule has 0 radical (unpaired) electrons. The van der Waals surface area contributed by atoms with E-state index in [4.69, 9.17) is 0 Å². The van der Waals surface area contributed by atoms with E-state index in [2.05, 4.69) is 21.2 Å². The van der Waals surface area contributed by atoms with Gasteiger partial charge in [-0.05, 0) is 36.2 Å². The number of carbonyl (C=O) groups is 1. The molecule has 1 atom stereocenters. The van der Waals surface area contributed by atoms with E-state index in [1.54, 1.807) is 6.07 Å². The summed E-state index contributed by atoms with van der Waals surface area (Å²) in [5, 5.41) is 12.7. The standard InChI is InChI=1S/C16H16BrNO2/c1-11-7-13(9-14(17)8-11)16(20)18-10-15(19)12-5-3-2-4-6-12/h2-9,15,19H,10H2,1H3,(H,18,20). The van der Waals surface area contributed by atoms with Crippen molar-refractivity contribution in [2.24, 2.45) is 0 Å². The lowest BCUT2D eigenvalue weighted by molar-refractivity contribution is 0.0916. The van der Waals surface area contributed by atoms with Crippen molar-refractivity contribution in [2.75, 3.05) is 6.54 Å². The zero-order valence-electron chi connectivity index (χ0n) is 11.1. The molecule has 2 aromatic carbocycles. The summed E-state index contributed by atoms with van der Waals surface area (Å²) < 4.78 is 0.867. The van der Waals surface area contributed by atoms with Gasteiger partial charge in [-0.1, -0.05) is 46.3 Å². The Balaban J connectivity index is 1.98. The summed E-state index contributed by atoms with van der Waals surface area (Å²) in [6.45, 7) is 2.12. The maximum atomic E-state index is 12.0. The van der Waals surface area contributed by atoms with Crippen molar-refractivity contribution in [2.45, 2.75) is 13.0 Å². The van der Waals surface area contributed by atoms with Crippen molar-refractivity contribution in [3.05, 3.63) is 69.7 Å². The van der Waals surface area contributed by atoms with Crippen LogP contribution in [-0.2, 0) is 0 Å². The van der Waals surface area contributed by atoms with E-state index in [1.165, 1.54) is 0 Å². The van der Waals surface area contributed by atoms with E-state index < -0.39 is 6.10 Å². The van der Waals surface area contributed by atoms with Crippen molar-refractivity contribution in [3.63, 3.8) is 0 Å². The number of aliphatic hydroxyl groups excluding tert-OH is 1. The third-order valence-electron chi connectivity index (χ3n) is 2.94. The normalized spacial score (nSPS) is 11.9. The number of nitrogens with one attached hydrogen (secondary N) is 1. The summed E-state index contributed by atoms with van der Waals surface area (Å²) in [5.41, 5.74) is 2.38. The van der Waals surface area contributed by atoms with Gasteiger partial charge in [0.1, 0.15) is 0 Å². The van der Waals surface area contributed by atoms with Gasteiger partial charge in [0.25, 0.3) is 5.91 Å². The Labute approximate surface area is 126 Å². The second-order valence-corrected chi connectivity index (χ2v) is 5.57. The Morgan fingerprint density at radius 2 is 1.95 bits per heavy atom. The van der Waals surface area contributed by atoms with Crippen LogP contribution in [0.15, 0.2) is 53.0 Å². The number of hydrogen-bond acceptors (Lipinski definition) is 2. The van der Waals surface area contributed by atoms with Crippen LogP contribution in [-0.4, -0.2) is 17.6 Å². The molecule has 2 rings (SSSR count). The van der Waals surface area contributed by atoms with Crippen LogP contribution in [0.4, 0.5) is 0 Å². The third kappa shape index (κ3) is 3.92. The van der Waals surface area contributed by atoms with Crippen LogP contribution in [0.3, 0.4) is 0 Å². The highest BCUT2D eigenvalue weighted by Gasteiger charge is 2.11. The Morgan fingerprint density at radius 3 is 2.60 bits per heavy atom. The van der Waals surface area contributed by atoms with Crippen molar-refractivity contribution < 1.29 is 9.90 Å². The largest absolute Gasteiger partial charge is 0.387 e. The lowest BCUT2D eigenvalue weighted by atomic mass is 10.1. The van der Waals surface area contributed by atoms with Gasteiger partial charge in [-0.3, -0.25) is 4.79 Å². The Hall–Kier alpha value is -1.65. The first kappa shape index (κ1) is 14.8. The SMILES string of the molecule is Cc1cc(Br)cc(C(=O)NCC(O)c2ccccc2)c1. The monoisotopic (exact) mass is 333 g/mol. The van der Waals surface area contributed by atoms with Crippen LogP contribution >= 0.6 is 15.9 Å². The number of halogens is 1. The van der Waals surface area contributed by atoms with Gasteiger partial charge in [0, 0.05) is 16.6 Å². The fourth-order valence-electron chi connectivity index (χ4n) is 1.95. The number of amides is 1. The number of carbonyl (C=O) groups excluding carboxylic acids is 1. The molecule has 0 fully saturated rings. The maximum Gasteiger partial charge on any atom is 0.251 e. The summed E-state index contributed by atoms with van der Waals surface area (Å²) in [6, 6.07) is 14.8. The molecule has 2 aromatic rings. The zero-order chi connectivity index (χ0) is 14.5. The molecular formula is C16H16BrNO2. The molecule has 0 aliphatic rings. The molecule has 0 saturated carbocycles. The summed E-state index contributed by atoms with van der Waals surface area (Å²) >= 11 is 3.37. The van der Waals surface area contributed by atoms with Gasteiger partial charge in [-0.15, -0.1) is 0 Å². The molecule has 0 bridgehead atoms. The molecule has 4 heteroatoms. The van der Waals surface area contributed by atoms with Crippen LogP contribution in [0.5, 0.6) is 0 Å². The van der Waals surface area contributed by atoms with Gasteiger partial charge in [-0.25, -0.2) is 0 Å². The molecule has 0 aromatic heterocycles. The fraction of sp³-hybridized carbons (Fsp3) is 0.188. The van der Waals surface area contributed by atoms with E-state index in [1.807, 2.05) is 49.4 Å². The predicted molar refractivity (Wildman–Crippen MR) is 82.6 cm³/mol. The van der Waals surface area contributed by atoms with Crippen molar-refractivity contribution >= 4 is 21.8 Å². The van der Waals surface area contributed by atoms with Crippen LogP contribution < -0.4 is 5.32 Å². The Kier molecular flexibility index (Phi) is 4.93. The molecule has 0 aliphatic heterocycles. The number of rotatable bonds is 4. The number of benzene rings is 2. The highest BCUT2D eigenvalue weighted by Crippen LogP contribution is 2.16. The summed E-state index contributed by atoms with van der Waals surface area (Å²) in [7, 11) is 0. The van der Waals surface area contributed by atoms with Crippen LogP contribution in [0.2, 0.25) is 0 Å². The van der Waals surface area contributed by atoms with Gasteiger partial charge in [0.2, 0.25) is 0 Å².